The molecule has 1 saturated heterocycles. The Hall–Kier alpha value is -2.60. The highest BCUT2D eigenvalue weighted by Gasteiger charge is 2.21. The molecule has 3 rings (SSSR count). The highest BCUT2D eigenvalue weighted by atomic mass is 32.1. The second-order valence-electron chi connectivity index (χ2n) is 7.14. The summed E-state index contributed by atoms with van der Waals surface area (Å²) in [6.07, 6.45) is 4.48. The van der Waals surface area contributed by atoms with Crippen LogP contribution in [0.4, 0.5) is 11.4 Å². The number of benzene rings is 2. The molecule has 1 aliphatic rings. The van der Waals surface area contributed by atoms with E-state index >= 15 is 0 Å². The first-order valence-electron chi connectivity index (χ1n) is 10.3. The molecule has 0 spiro atoms. The van der Waals surface area contributed by atoms with E-state index in [0.29, 0.717) is 11.5 Å². The third-order valence-corrected chi connectivity index (χ3v) is 5.10. The summed E-state index contributed by atoms with van der Waals surface area (Å²) < 4.78 is 5.81. The van der Waals surface area contributed by atoms with Crippen molar-refractivity contribution in [1.82, 2.24) is 5.32 Å². The first kappa shape index (κ1) is 21.1. The van der Waals surface area contributed by atoms with E-state index in [-0.39, 0.29) is 5.91 Å². The van der Waals surface area contributed by atoms with E-state index in [4.69, 9.17) is 17.0 Å². The van der Waals surface area contributed by atoms with Crippen LogP contribution >= 0.6 is 12.2 Å². The molecule has 2 N–H and O–H groups in total. The summed E-state index contributed by atoms with van der Waals surface area (Å²) in [6.45, 7) is 4.44. The fraction of sp³-hybridized carbons (Fsp3) is 0.391. The van der Waals surface area contributed by atoms with Crippen molar-refractivity contribution >= 4 is 34.6 Å². The lowest BCUT2D eigenvalue weighted by molar-refractivity contribution is -0.117. The first-order valence-corrected chi connectivity index (χ1v) is 10.7. The molecular weight excluding hydrogens is 382 g/mol. The fourth-order valence-corrected chi connectivity index (χ4v) is 3.59. The zero-order valence-electron chi connectivity index (χ0n) is 16.9. The van der Waals surface area contributed by atoms with E-state index in [1.807, 2.05) is 47.4 Å². The quantitative estimate of drug-likeness (QED) is 0.469. The maximum atomic E-state index is 11.8. The predicted octanol–water partition coefficient (Wildman–Crippen LogP) is 4.52. The van der Waals surface area contributed by atoms with Crippen molar-refractivity contribution in [2.75, 3.05) is 29.9 Å². The molecule has 0 aromatic heterocycles. The first-order chi connectivity index (χ1) is 14.2. The van der Waals surface area contributed by atoms with Crippen LogP contribution in [-0.4, -0.2) is 30.7 Å². The summed E-state index contributed by atoms with van der Waals surface area (Å²) in [6, 6.07) is 16.0. The van der Waals surface area contributed by atoms with Crippen LogP contribution in [0.2, 0.25) is 0 Å². The lowest BCUT2D eigenvalue weighted by Gasteiger charge is -2.16. The summed E-state index contributed by atoms with van der Waals surface area (Å²) >= 11 is 5.40. The molecule has 1 fully saturated rings. The Morgan fingerprint density at radius 1 is 1.17 bits per heavy atom. The molecule has 2 aromatic carbocycles. The van der Waals surface area contributed by atoms with Crippen molar-refractivity contribution in [2.24, 2.45) is 0 Å². The number of nitrogens with one attached hydrogen (secondary N) is 2. The van der Waals surface area contributed by atoms with Gasteiger partial charge in [0.05, 0.1) is 6.61 Å². The fourth-order valence-electron chi connectivity index (χ4n) is 3.37. The minimum Gasteiger partial charge on any atom is -0.493 e. The van der Waals surface area contributed by atoms with E-state index in [1.165, 1.54) is 5.56 Å². The smallest absolute Gasteiger partial charge is 0.227 e. The number of anilines is 2. The van der Waals surface area contributed by atoms with Gasteiger partial charge in [0.2, 0.25) is 5.91 Å². The standard InChI is InChI=1S/C23H29N3O2S/c1-2-17-28-21-9-4-3-7-18(21)8-5-15-24-23(29)25-19-11-13-20(14-12-19)26-16-6-10-22(26)27/h3-4,7,9,11-14H,2,5-6,8,10,15-17H2,1H3,(H2,24,25,29). The third kappa shape index (κ3) is 6.19. The number of aryl methyl sites for hydroxylation is 1. The highest BCUT2D eigenvalue weighted by Crippen LogP contribution is 2.23. The summed E-state index contributed by atoms with van der Waals surface area (Å²) in [5.41, 5.74) is 3.09. The zero-order chi connectivity index (χ0) is 20.5. The Morgan fingerprint density at radius 3 is 2.69 bits per heavy atom. The Kier molecular flexibility index (Phi) is 7.87. The van der Waals surface area contributed by atoms with E-state index in [9.17, 15) is 4.79 Å². The summed E-state index contributed by atoms with van der Waals surface area (Å²) in [4.78, 5) is 13.7. The average Bonchev–Trinajstić information content (AvgIpc) is 3.17. The van der Waals surface area contributed by atoms with E-state index in [0.717, 1.165) is 62.5 Å². The van der Waals surface area contributed by atoms with Crippen molar-refractivity contribution in [3.8, 4) is 5.75 Å². The van der Waals surface area contributed by atoms with Crippen LogP contribution in [0, 0.1) is 0 Å². The normalized spacial score (nSPS) is 13.4. The summed E-state index contributed by atoms with van der Waals surface area (Å²) in [7, 11) is 0. The molecular formula is C23H29N3O2S. The molecule has 0 bridgehead atoms. The van der Waals surface area contributed by atoms with Crippen LogP contribution in [0.1, 0.15) is 38.2 Å². The number of hydrogen-bond acceptors (Lipinski definition) is 3. The lowest BCUT2D eigenvalue weighted by Crippen LogP contribution is -2.29. The number of rotatable bonds is 9. The number of thiocarbonyl (C=S) groups is 1. The van der Waals surface area contributed by atoms with Crippen LogP contribution in [0.5, 0.6) is 5.75 Å². The van der Waals surface area contributed by atoms with Crippen molar-refractivity contribution in [3.05, 3.63) is 54.1 Å². The highest BCUT2D eigenvalue weighted by molar-refractivity contribution is 7.80. The maximum Gasteiger partial charge on any atom is 0.227 e. The van der Waals surface area contributed by atoms with Gasteiger partial charge in [-0.15, -0.1) is 0 Å². The molecule has 0 aliphatic carbocycles. The number of carbonyl (C=O) groups is 1. The number of hydrogen-bond donors (Lipinski definition) is 2. The van der Waals surface area contributed by atoms with Gasteiger partial charge in [0.1, 0.15) is 5.75 Å². The number of amides is 1. The van der Waals surface area contributed by atoms with Gasteiger partial charge in [0.25, 0.3) is 0 Å². The predicted molar refractivity (Wildman–Crippen MR) is 123 cm³/mol. The van der Waals surface area contributed by atoms with E-state index in [1.54, 1.807) is 0 Å². The molecule has 1 amide bonds. The molecule has 6 heteroatoms. The number of carbonyl (C=O) groups excluding carboxylic acids is 1. The van der Waals surface area contributed by atoms with Gasteiger partial charge in [-0.3, -0.25) is 4.79 Å². The molecule has 0 saturated carbocycles. The van der Waals surface area contributed by atoms with Crippen LogP contribution in [-0.2, 0) is 11.2 Å². The van der Waals surface area contributed by atoms with Gasteiger partial charge in [-0.1, -0.05) is 25.1 Å². The molecule has 29 heavy (non-hydrogen) atoms. The summed E-state index contributed by atoms with van der Waals surface area (Å²) in [5, 5.41) is 7.06. The average molecular weight is 412 g/mol. The van der Waals surface area contributed by atoms with Gasteiger partial charge in [0, 0.05) is 30.9 Å². The summed E-state index contributed by atoms with van der Waals surface area (Å²) in [5.74, 6) is 1.18. The Labute approximate surface area is 178 Å². The monoisotopic (exact) mass is 411 g/mol. The third-order valence-electron chi connectivity index (χ3n) is 4.85. The van der Waals surface area contributed by atoms with Crippen molar-refractivity contribution in [1.29, 1.82) is 0 Å². The molecule has 154 valence electrons. The van der Waals surface area contributed by atoms with Gasteiger partial charge >= 0.3 is 0 Å². The minimum absolute atomic E-state index is 0.199. The SMILES string of the molecule is CCCOc1ccccc1CCCNC(=S)Nc1ccc(N2CCCC2=O)cc1. The van der Waals surface area contributed by atoms with Crippen LogP contribution < -0.4 is 20.3 Å². The largest absolute Gasteiger partial charge is 0.493 e. The number of nitrogens with zero attached hydrogens (tertiary/aromatic N) is 1. The van der Waals surface area contributed by atoms with E-state index in [2.05, 4.69) is 23.6 Å². The molecule has 5 nitrogen and oxygen atoms in total. The maximum absolute atomic E-state index is 11.8. The van der Waals surface area contributed by atoms with Gasteiger partial charge in [-0.05, 0) is 73.8 Å². The second kappa shape index (κ2) is 10.8. The Balaban J connectivity index is 1.41. The number of para-hydroxylation sites is 1. The second-order valence-corrected chi connectivity index (χ2v) is 7.54. The molecule has 2 aromatic rings. The van der Waals surface area contributed by atoms with Gasteiger partial charge in [-0.25, -0.2) is 0 Å². The molecule has 0 radical (unpaired) electrons. The van der Waals surface area contributed by atoms with Crippen molar-refractivity contribution in [3.63, 3.8) is 0 Å². The zero-order valence-corrected chi connectivity index (χ0v) is 17.8. The van der Waals surface area contributed by atoms with Crippen LogP contribution in [0.15, 0.2) is 48.5 Å². The molecule has 1 heterocycles. The lowest BCUT2D eigenvalue weighted by atomic mass is 10.1. The van der Waals surface area contributed by atoms with E-state index < -0.39 is 0 Å². The molecule has 1 aliphatic heterocycles. The van der Waals surface area contributed by atoms with Gasteiger partial charge < -0.3 is 20.3 Å². The van der Waals surface area contributed by atoms with Crippen molar-refractivity contribution in [2.45, 2.75) is 39.0 Å². The molecule has 0 unspecified atom stereocenters. The topological polar surface area (TPSA) is 53.6 Å². The van der Waals surface area contributed by atoms with Gasteiger partial charge in [-0.2, -0.15) is 0 Å². The molecule has 0 atom stereocenters. The van der Waals surface area contributed by atoms with Crippen LogP contribution in [0.3, 0.4) is 0 Å². The Morgan fingerprint density at radius 2 is 1.97 bits per heavy atom. The number of ether oxygens (including phenoxy) is 1. The minimum atomic E-state index is 0.199. The van der Waals surface area contributed by atoms with Crippen LogP contribution in [0.25, 0.3) is 0 Å². The van der Waals surface area contributed by atoms with Gasteiger partial charge in [0.15, 0.2) is 5.11 Å². The Bertz CT molecular complexity index is 823. The van der Waals surface area contributed by atoms with Crippen molar-refractivity contribution < 1.29 is 9.53 Å².